The predicted octanol–water partition coefficient (Wildman–Crippen LogP) is 3.90. The molecule has 3 aromatic rings. The number of likely N-dealkylation sites (tertiary alicyclic amines) is 1. The lowest BCUT2D eigenvalue weighted by molar-refractivity contribution is 0.0876. The third kappa shape index (κ3) is 5.30. The Morgan fingerprint density at radius 2 is 1.77 bits per heavy atom. The van der Waals surface area contributed by atoms with Gasteiger partial charge in [-0.15, -0.1) is 0 Å². The van der Waals surface area contributed by atoms with Gasteiger partial charge in [-0.25, -0.2) is 0 Å². The van der Waals surface area contributed by atoms with Crippen molar-refractivity contribution in [1.29, 1.82) is 0 Å². The zero-order chi connectivity index (χ0) is 20.6. The first-order chi connectivity index (χ1) is 14.8. The van der Waals surface area contributed by atoms with E-state index >= 15 is 0 Å². The van der Waals surface area contributed by atoms with E-state index in [0.29, 0.717) is 11.6 Å². The minimum atomic E-state index is -0.146. The summed E-state index contributed by atoms with van der Waals surface area (Å²) in [7, 11) is 0. The minimum Gasteiger partial charge on any atom is -0.342 e. The van der Waals surface area contributed by atoms with Gasteiger partial charge in [0.2, 0.25) is 0 Å². The van der Waals surface area contributed by atoms with E-state index in [-0.39, 0.29) is 11.9 Å². The molecule has 5 nitrogen and oxygen atoms in total. The fourth-order valence-corrected chi connectivity index (χ4v) is 4.20. The quantitative estimate of drug-likeness (QED) is 0.653. The molecule has 1 N–H and O–H groups in total. The van der Waals surface area contributed by atoms with E-state index < -0.39 is 0 Å². The number of rotatable bonds is 7. The van der Waals surface area contributed by atoms with Crippen molar-refractivity contribution in [2.75, 3.05) is 19.6 Å². The molecule has 4 rings (SSSR count). The summed E-state index contributed by atoms with van der Waals surface area (Å²) in [4.78, 5) is 24.1. The molecule has 5 heteroatoms. The lowest BCUT2D eigenvalue weighted by Gasteiger charge is -2.37. The smallest absolute Gasteiger partial charge is 0.270 e. The maximum absolute atomic E-state index is 12.8. The first-order valence-electron chi connectivity index (χ1n) is 10.7. The van der Waals surface area contributed by atoms with E-state index in [4.69, 9.17) is 0 Å². The number of amides is 1. The molecule has 1 fully saturated rings. The summed E-state index contributed by atoms with van der Waals surface area (Å²) in [5.74, 6) is 0.171. The number of benzene rings is 1. The van der Waals surface area contributed by atoms with Crippen LogP contribution >= 0.6 is 0 Å². The molecule has 1 aliphatic heterocycles. The Hall–Kier alpha value is -3.05. The number of carbonyl (C=O) groups is 1. The fraction of sp³-hybridized carbons (Fsp3) is 0.320. The molecule has 0 bridgehead atoms. The van der Waals surface area contributed by atoms with Crippen LogP contribution in [0.4, 0.5) is 0 Å². The van der Waals surface area contributed by atoms with Crippen molar-refractivity contribution in [3.05, 3.63) is 96.1 Å². The molecular formula is C25H28N4O. The average molecular weight is 401 g/mol. The molecule has 1 amide bonds. The highest BCUT2D eigenvalue weighted by Gasteiger charge is 2.30. The Bertz CT molecular complexity index is 918. The van der Waals surface area contributed by atoms with Gasteiger partial charge in [0.1, 0.15) is 5.69 Å². The monoisotopic (exact) mass is 400 g/mol. The van der Waals surface area contributed by atoms with Crippen LogP contribution in [-0.4, -0.2) is 40.4 Å². The third-order valence-electron chi connectivity index (χ3n) is 5.76. The van der Waals surface area contributed by atoms with Crippen LogP contribution < -0.4 is 5.32 Å². The molecule has 0 radical (unpaired) electrons. The highest BCUT2D eigenvalue weighted by Crippen LogP contribution is 2.29. The van der Waals surface area contributed by atoms with Crippen LogP contribution in [0.3, 0.4) is 0 Å². The average Bonchev–Trinajstić information content (AvgIpc) is 2.83. The molecule has 0 spiro atoms. The Balaban J connectivity index is 1.46. The van der Waals surface area contributed by atoms with Gasteiger partial charge in [0.25, 0.3) is 5.91 Å². The number of nitrogens with one attached hydrogen (secondary N) is 1. The number of piperidine rings is 1. The SMILES string of the molecule is O=C(N[C@@H](c1ccccn1)[C@@H]1CCCN(CCc2ccccc2)C1)c1ccccn1. The number of nitrogens with zero attached hydrogens (tertiary/aromatic N) is 3. The summed E-state index contributed by atoms with van der Waals surface area (Å²) in [5.41, 5.74) is 2.72. The number of aromatic nitrogens is 2. The van der Waals surface area contributed by atoms with Gasteiger partial charge in [-0.3, -0.25) is 14.8 Å². The summed E-state index contributed by atoms with van der Waals surface area (Å²) in [5, 5.41) is 3.22. The number of hydrogen-bond acceptors (Lipinski definition) is 4. The standard InChI is InChI=1S/C25H28N4O/c30-25(23-13-5-7-16-27-23)28-24(22-12-4-6-15-26-22)21-11-8-17-29(19-21)18-14-20-9-2-1-3-10-20/h1-7,9-10,12-13,15-16,21,24H,8,11,14,17-19H2,(H,28,30)/t21-,24-/m1/s1. The summed E-state index contributed by atoms with van der Waals surface area (Å²) >= 11 is 0. The first kappa shape index (κ1) is 20.2. The van der Waals surface area contributed by atoms with Gasteiger partial charge >= 0.3 is 0 Å². The maximum atomic E-state index is 12.8. The van der Waals surface area contributed by atoms with Crippen molar-refractivity contribution in [2.45, 2.75) is 25.3 Å². The van der Waals surface area contributed by atoms with Crippen LogP contribution in [0.5, 0.6) is 0 Å². The second-order valence-corrected chi connectivity index (χ2v) is 7.86. The van der Waals surface area contributed by atoms with Gasteiger partial charge in [-0.05, 0) is 61.6 Å². The van der Waals surface area contributed by atoms with Crippen LogP contribution in [0.15, 0.2) is 79.1 Å². The van der Waals surface area contributed by atoms with E-state index in [9.17, 15) is 4.79 Å². The summed E-state index contributed by atoms with van der Waals surface area (Å²) < 4.78 is 0. The zero-order valence-corrected chi connectivity index (χ0v) is 17.2. The van der Waals surface area contributed by atoms with Gasteiger partial charge < -0.3 is 10.2 Å². The molecule has 2 atom stereocenters. The van der Waals surface area contributed by atoms with Gasteiger partial charge in [0, 0.05) is 25.5 Å². The van der Waals surface area contributed by atoms with E-state index in [1.807, 2.05) is 30.3 Å². The molecule has 2 aromatic heterocycles. The van der Waals surface area contributed by atoms with E-state index in [1.165, 1.54) is 5.56 Å². The number of hydrogen-bond donors (Lipinski definition) is 1. The molecule has 0 aliphatic carbocycles. The van der Waals surface area contributed by atoms with E-state index in [1.54, 1.807) is 18.5 Å². The Morgan fingerprint density at radius 3 is 2.50 bits per heavy atom. The normalized spacial score (nSPS) is 17.9. The first-order valence-corrected chi connectivity index (χ1v) is 10.7. The molecule has 1 aromatic carbocycles. The molecule has 0 unspecified atom stereocenters. The molecule has 0 saturated carbocycles. The van der Waals surface area contributed by atoms with Crippen molar-refractivity contribution in [3.63, 3.8) is 0 Å². The van der Waals surface area contributed by atoms with Crippen LogP contribution in [0.1, 0.15) is 40.6 Å². The number of carbonyl (C=O) groups excluding carboxylic acids is 1. The highest BCUT2D eigenvalue weighted by atomic mass is 16.1. The van der Waals surface area contributed by atoms with E-state index in [2.05, 4.69) is 50.5 Å². The summed E-state index contributed by atoms with van der Waals surface area (Å²) in [6.07, 6.45) is 6.69. The predicted molar refractivity (Wildman–Crippen MR) is 118 cm³/mol. The summed E-state index contributed by atoms with van der Waals surface area (Å²) in [6, 6.07) is 21.8. The lowest BCUT2D eigenvalue weighted by atomic mass is 9.88. The van der Waals surface area contributed by atoms with Crippen LogP contribution in [0.2, 0.25) is 0 Å². The van der Waals surface area contributed by atoms with Crippen LogP contribution in [-0.2, 0) is 6.42 Å². The Labute approximate surface area is 178 Å². The molecule has 154 valence electrons. The maximum Gasteiger partial charge on any atom is 0.270 e. The minimum absolute atomic E-state index is 0.125. The van der Waals surface area contributed by atoms with Gasteiger partial charge in [0.15, 0.2) is 0 Å². The second-order valence-electron chi connectivity index (χ2n) is 7.86. The lowest BCUT2D eigenvalue weighted by Crippen LogP contribution is -2.44. The molecular weight excluding hydrogens is 372 g/mol. The zero-order valence-electron chi connectivity index (χ0n) is 17.2. The van der Waals surface area contributed by atoms with Gasteiger partial charge in [-0.2, -0.15) is 0 Å². The van der Waals surface area contributed by atoms with Crippen LogP contribution in [0, 0.1) is 5.92 Å². The van der Waals surface area contributed by atoms with Crippen molar-refractivity contribution in [1.82, 2.24) is 20.2 Å². The number of pyridine rings is 2. The molecule has 1 saturated heterocycles. The topological polar surface area (TPSA) is 58.1 Å². The van der Waals surface area contributed by atoms with E-state index in [0.717, 1.165) is 44.6 Å². The van der Waals surface area contributed by atoms with Crippen molar-refractivity contribution < 1.29 is 4.79 Å². The fourth-order valence-electron chi connectivity index (χ4n) is 4.20. The van der Waals surface area contributed by atoms with Crippen LogP contribution in [0.25, 0.3) is 0 Å². The highest BCUT2D eigenvalue weighted by molar-refractivity contribution is 5.92. The second kappa shape index (κ2) is 10.1. The third-order valence-corrected chi connectivity index (χ3v) is 5.76. The van der Waals surface area contributed by atoms with Gasteiger partial charge in [-0.1, -0.05) is 42.5 Å². The summed E-state index contributed by atoms with van der Waals surface area (Å²) in [6.45, 7) is 3.09. The molecule has 3 heterocycles. The van der Waals surface area contributed by atoms with Crippen molar-refractivity contribution in [3.8, 4) is 0 Å². The van der Waals surface area contributed by atoms with Gasteiger partial charge in [0.05, 0.1) is 11.7 Å². The Morgan fingerprint density at radius 1 is 1.00 bits per heavy atom. The molecule has 1 aliphatic rings. The Kier molecular flexibility index (Phi) is 6.83. The molecule has 30 heavy (non-hydrogen) atoms. The van der Waals surface area contributed by atoms with Crippen molar-refractivity contribution >= 4 is 5.91 Å². The van der Waals surface area contributed by atoms with Crippen molar-refractivity contribution in [2.24, 2.45) is 5.92 Å². The largest absolute Gasteiger partial charge is 0.342 e.